The molecular formula is C18H29BN3O15P3S4. The van der Waals surface area contributed by atoms with E-state index >= 15 is 0 Å². The number of aromatic nitrogens is 2. The van der Waals surface area contributed by atoms with Crippen LogP contribution in [0.25, 0.3) is 0 Å². The molecule has 26 heteroatoms. The van der Waals surface area contributed by atoms with Gasteiger partial charge in [-0.1, -0.05) is 65.0 Å². The van der Waals surface area contributed by atoms with Crippen LogP contribution in [0.1, 0.15) is 32.6 Å². The predicted octanol–water partition coefficient (Wildman–Crippen LogP) is 1.74. The Bertz CT molecular complexity index is 1390. The SMILES string of the molecule is [B]SSCOCC#Cc1cn(C2OC(COP(=O)(O)OP(=O)(O)OP(=O)(O)O)C(OCSSC(C)(C)C)C2O)c(=O)nc1N. The van der Waals surface area contributed by atoms with Crippen molar-refractivity contribution in [2.45, 2.75) is 50.1 Å². The van der Waals surface area contributed by atoms with Crippen LogP contribution in [0.2, 0.25) is 0 Å². The van der Waals surface area contributed by atoms with E-state index in [1.54, 1.807) is 0 Å². The second kappa shape index (κ2) is 17.4. The van der Waals surface area contributed by atoms with Gasteiger partial charge in [0.25, 0.3) is 0 Å². The highest BCUT2D eigenvalue weighted by Crippen LogP contribution is 2.66. The molecule has 1 aliphatic rings. The van der Waals surface area contributed by atoms with Crippen LogP contribution in [0.15, 0.2) is 11.0 Å². The molecule has 2 rings (SSSR count). The largest absolute Gasteiger partial charge is 0.490 e. The lowest BCUT2D eigenvalue weighted by molar-refractivity contribution is -0.0566. The summed E-state index contributed by atoms with van der Waals surface area (Å²) in [7, 11) is -6.66. The molecule has 6 atom stereocenters. The summed E-state index contributed by atoms with van der Waals surface area (Å²) in [4.78, 5) is 53.1. The van der Waals surface area contributed by atoms with E-state index in [2.05, 4.69) is 30.0 Å². The third-order valence-electron chi connectivity index (χ3n) is 4.60. The Hall–Kier alpha value is -0.0451. The number of rotatable bonds is 16. The van der Waals surface area contributed by atoms with Gasteiger partial charge < -0.3 is 44.6 Å². The van der Waals surface area contributed by atoms with Gasteiger partial charge in [0.2, 0.25) is 0 Å². The van der Waals surface area contributed by atoms with Gasteiger partial charge in [0.05, 0.1) is 12.2 Å². The van der Waals surface area contributed by atoms with Crippen LogP contribution in [0.5, 0.6) is 0 Å². The highest BCUT2D eigenvalue weighted by Gasteiger charge is 2.48. The first-order valence-electron chi connectivity index (χ1n) is 11.7. The van der Waals surface area contributed by atoms with Crippen molar-refractivity contribution >= 4 is 79.4 Å². The average molecular weight is 759 g/mol. The van der Waals surface area contributed by atoms with E-state index in [1.165, 1.54) is 38.6 Å². The van der Waals surface area contributed by atoms with Gasteiger partial charge in [-0.15, -0.1) is 0 Å². The van der Waals surface area contributed by atoms with E-state index in [1.807, 2.05) is 20.8 Å². The highest BCUT2D eigenvalue weighted by molar-refractivity contribution is 8.84. The summed E-state index contributed by atoms with van der Waals surface area (Å²) in [6.07, 6.45) is -4.67. The zero-order chi connectivity index (χ0) is 33.3. The zero-order valence-corrected chi connectivity index (χ0v) is 29.0. The highest BCUT2D eigenvalue weighted by atomic mass is 33.1. The van der Waals surface area contributed by atoms with Crippen molar-refractivity contribution in [1.29, 1.82) is 0 Å². The number of hydrogen-bond acceptors (Lipinski definition) is 17. The van der Waals surface area contributed by atoms with Crippen molar-refractivity contribution < 1.29 is 65.7 Å². The Kier molecular flexibility index (Phi) is 15.9. The second-order valence-corrected chi connectivity index (χ2v) is 18.7. The Morgan fingerprint density at radius 2 is 1.82 bits per heavy atom. The Labute approximate surface area is 268 Å². The molecule has 0 aliphatic carbocycles. The number of nitrogens with zero attached hydrogens (tertiary/aromatic N) is 2. The number of aliphatic hydroxyl groups is 1. The van der Waals surface area contributed by atoms with Crippen molar-refractivity contribution in [3.8, 4) is 11.8 Å². The molecule has 0 spiro atoms. The lowest BCUT2D eigenvalue weighted by atomic mass is 10.1. The lowest BCUT2D eigenvalue weighted by Gasteiger charge is -2.23. The fourth-order valence-electron chi connectivity index (χ4n) is 3.11. The summed E-state index contributed by atoms with van der Waals surface area (Å²) in [5, 5.41) is 11.1. The number of hydrogen-bond donors (Lipinski definition) is 6. The minimum absolute atomic E-state index is 0.00247. The number of ether oxygens (including phenoxy) is 3. The van der Waals surface area contributed by atoms with Gasteiger partial charge in [-0.25, -0.2) is 18.5 Å². The van der Waals surface area contributed by atoms with Gasteiger partial charge in [-0.05, 0) is 0 Å². The zero-order valence-electron chi connectivity index (χ0n) is 23.1. The number of nitrogens with two attached hydrogens (primary N) is 1. The van der Waals surface area contributed by atoms with Crippen LogP contribution >= 0.6 is 66.5 Å². The van der Waals surface area contributed by atoms with E-state index in [4.69, 9.17) is 36.9 Å². The molecule has 7 N–H and O–H groups in total. The molecule has 1 aromatic rings. The standard InChI is InChI=1S/C18H29BN3O15P3S4/c1-18(2,3)43-41-10-33-14-12(8-34-39(28,29)37-40(30,31)36-38(25,26)27)35-16(13(14)23)22-7-11(15(20)21-17(22)24)5-4-6-32-9-42-44-19/h7,12-14,16,23H,6,8-10H2,1-3H3,(H,28,29)(H,30,31)(H2,20,21,24)(H2,25,26,27). The molecule has 44 heavy (non-hydrogen) atoms. The van der Waals surface area contributed by atoms with E-state index in [0.717, 1.165) is 15.2 Å². The van der Waals surface area contributed by atoms with Crippen molar-refractivity contribution in [2.24, 2.45) is 0 Å². The van der Waals surface area contributed by atoms with E-state index in [0.29, 0.717) is 0 Å². The summed E-state index contributed by atoms with van der Waals surface area (Å²) in [5.41, 5.74) is 4.95. The molecular weight excluding hydrogens is 730 g/mol. The molecule has 2 heterocycles. The van der Waals surface area contributed by atoms with Gasteiger partial charge in [0, 0.05) is 10.9 Å². The van der Waals surface area contributed by atoms with E-state index in [-0.39, 0.29) is 34.6 Å². The fraction of sp³-hybridized carbons (Fsp3) is 0.667. The summed E-state index contributed by atoms with van der Waals surface area (Å²) in [5.74, 6) is 5.39. The first-order chi connectivity index (χ1) is 20.2. The molecule has 1 fully saturated rings. The number of phosphoric acid groups is 3. The quantitative estimate of drug-likeness (QED) is 0.0350. The summed E-state index contributed by atoms with van der Waals surface area (Å²) < 4.78 is 64.3. The summed E-state index contributed by atoms with van der Waals surface area (Å²) in [6.45, 7) is 4.90. The number of anilines is 1. The van der Waals surface area contributed by atoms with Gasteiger partial charge >= 0.3 is 29.2 Å². The van der Waals surface area contributed by atoms with Crippen molar-refractivity contribution in [1.82, 2.24) is 9.55 Å². The second-order valence-electron chi connectivity index (χ2n) is 9.22. The predicted molar refractivity (Wildman–Crippen MR) is 166 cm³/mol. The third kappa shape index (κ3) is 14.4. The summed E-state index contributed by atoms with van der Waals surface area (Å²) in [6, 6.07) is 0. The van der Waals surface area contributed by atoms with Crippen LogP contribution in [-0.2, 0) is 41.1 Å². The van der Waals surface area contributed by atoms with Crippen LogP contribution in [0.4, 0.5) is 5.82 Å². The number of phosphoric ester groups is 1. The molecule has 0 aromatic carbocycles. The third-order valence-corrected chi connectivity index (χ3v) is 12.5. The Morgan fingerprint density at radius 1 is 1.14 bits per heavy atom. The van der Waals surface area contributed by atoms with Crippen molar-refractivity contribution in [2.75, 3.05) is 30.8 Å². The summed E-state index contributed by atoms with van der Waals surface area (Å²) >= 11 is 0. The van der Waals surface area contributed by atoms with Crippen LogP contribution in [-0.4, -0.2) is 89.5 Å². The van der Waals surface area contributed by atoms with Gasteiger partial charge in [-0.3, -0.25) is 9.09 Å². The Morgan fingerprint density at radius 3 is 2.43 bits per heavy atom. The minimum Gasteiger partial charge on any atom is -0.386 e. The molecule has 0 amide bonds. The molecule has 0 saturated carbocycles. The molecule has 248 valence electrons. The smallest absolute Gasteiger partial charge is 0.386 e. The van der Waals surface area contributed by atoms with Crippen molar-refractivity contribution in [3.63, 3.8) is 0 Å². The maximum atomic E-state index is 12.7. The molecule has 1 aliphatic heterocycles. The van der Waals surface area contributed by atoms with Gasteiger partial charge in [0.15, 0.2) is 13.4 Å². The molecule has 18 nitrogen and oxygen atoms in total. The topological polar surface area (TPSA) is 269 Å². The van der Waals surface area contributed by atoms with E-state index in [9.17, 15) is 33.4 Å². The average Bonchev–Trinajstić information content (AvgIpc) is 3.16. The maximum Gasteiger partial charge on any atom is 0.490 e. The molecule has 1 aromatic heterocycles. The molecule has 6 unspecified atom stereocenters. The maximum absolute atomic E-state index is 12.7. The number of aliphatic hydroxyl groups excluding tert-OH is 1. The first kappa shape index (κ1) is 40.1. The van der Waals surface area contributed by atoms with E-state index < -0.39 is 60.3 Å². The van der Waals surface area contributed by atoms with Gasteiger partial charge in [0.1, 0.15) is 42.6 Å². The van der Waals surface area contributed by atoms with Crippen molar-refractivity contribution in [3.05, 3.63) is 22.2 Å². The minimum atomic E-state index is -5.78. The molecule has 1 saturated heterocycles. The van der Waals surface area contributed by atoms with Crippen LogP contribution in [0, 0.1) is 11.8 Å². The lowest BCUT2D eigenvalue weighted by Crippen LogP contribution is -2.38. The van der Waals surface area contributed by atoms with Crippen LogP contribution in [0.3, 0.4) is 0 Å². The number of nitrogen functional groups attached to an aromatic ring is 1. The van der Waals surface area contributed by atoms with Gasteiger partial charge in [-0.2, -0.15) is 24.3 Å². The monoisotopic (exact) mass is 759 g/mol. The fourth-order valence-corrected chi connectivity index (χ4v) is 8.71. The normalized spacial score (nSPS) is 23.5. The molecule has 0 bridgehead atoms. The van der Waals surface area contributed by atoms with Crippen LogP contribution < -0.4 is 11.4 Å². The molecule has 2 radical (unpaired) electrons. The Balaban J connectivity index is 2.27. The first-order valence-corrected chi connectivity index (χ1v) is 20.9.